The van der Waals surface area contributed by atoms with Gasteiger partial charge in [0.05, 0.1) is 0 Å². The first-order chi connectivity index (χ1) is 15.2. The highest BCUT2D eigenvalue weighted by Crippen LogP contribution is 2.20. The third kappa shape index (κ3) is 9.38. The highest BCUT2D eigenvalue weighted by Gasteiger charge is 2.27. The Morgan fingerprint density at radius 2 is 1.91 bits per heavy atom. The molecule has 1 aromatic rings. The third-order valence-corrected chi connectivity index (χ3v) is 5.50. The minimum atomic E-state index is -0.480. The molecule has 0 bridgehead atoms. The topological polar surface area (TPSA) is 86.3 Å². The lowest BCUT2D eigenvalue weighted by Crippen LogP contribution is -2.47. The zero-order chi connectivity index (χ0) is 23.7. The first-order valence-electron chi connectivity index (χ1n) is 11.4. The minimum Gasteiger partial charge on any atom is -0.444 e. The fourth-order valence-electron chi connectivity index (χ4n) is 3.78. The molecule has 0 spiro atoms. The van der Waals surface area contributed by atoms with Crippen molar-refractivity contribution in [3.63, 3.8) is 0 Å². The van der Waals surface area contributed by atoms with E-state index in [2.05, 4.69) is 20.5 Å². The normalized spacial score (nSPS) is 14.8. The van der Waals surface area contributed by atoms with E-state index in [1.807, 2.05) is 45.9 Å². The molecule has 0 atom stereocenters. The van der Waals surface area contributed by atoms with Crippen LogP contribution in [0.5, 0.6) is 0 Å². The van der Waals surface area contributed by atoms with Crippen LogP contribution in [-0.2, 0) is 11.3 Å². The Kier molecular flexibility index (Phi) is 12.0. The molecule has 1 aliphatic heterocycles. The molecule has 0 aromatic heterocycles. The van der Waals surface area contributed by atoms with Crippen molar-refractivity contribution in [3.8, 4) is 0 Å². The van der Waals surface area contributed by atoms with Crippen LogP contribution in [0.15, 0.2) is 29.3 Å². The summed E-state index contributed by atoms with van der Waals surface area (Å²) in [4.78, 5) is 32.8. The Bertz CT molecular complexity index is 802. The van der Waals surface area contributed by atoms with Crippen molar-refractivity contribution in [3.05, 3.63) is 35.4 Å². The first-order valence-corrected chi connectivity index (χ1v) is 11.4. The first kappa shape index (κ1) is 29.0. The SMILES string of the molecule is CCN(CC1CCN(C(=NC)NCc2cccc(C(=O)NC)c2)CC1)C(=O)OC(C)(C)C.I. The minimum absolute atomic E-state index is 0. The lowest BCUT2D eigenvalue weighted by atomic mass is 9.96. The predicted octanol–water partition coefficient (Wildman–Crippen LogP) is 3.71. The van der Waals surface area contributed by atoms with E-state index < -0.39 is 5.60 Å². The van der Waals surface area contributed by atoms with Crippen molar-refractivity contribution in [2.24, 2.45) is 10.9 Å². The molecule has 1 aromatic carbocycles. The number of carbonyl (C=O) groups excluding carboxylic acids is 2. The third-order valence-electron chi connectivity index (χ3n) is 5.50. The van der Waals surface area contributed by atoms with Gasteiger partial charge in [0.2, 0.25) is 0 Å². The van der Waals surface area contributed by atoms with Crippen molar-refractivity contribution in [1.29, 1.82) is 0 Å². The van der Waals surface area contributed by atoms with Crippen LogP contribution in [0.25, 0.3) is 0 Å². The fraction of sp³-hybridized carbons (Fsp3) is 0.625. The van der Waals surface area contributed by atoms with Gasteiger partial charge in [-0.25, -0.2) is 4.79 Å². The molecule has 8 nitrogen and oxygen atoms in total. The van der Waals surface area contributed by atoms with E-state index in [0.717, 1.165) is 44.0 Å². The second-order valence-electron chi connectivity index (χ2n) is 9.13. The van der Waals surface area contributed by atoms with E-state index in [9.17, 15) is 9.59 Å². The van der Waals surface area contributed by atoms with E-state index in [1.54, 1.807) is 25.1 Å². The van der Waals surface area contributed by atoms with Crippen molar-refractivity contribution in [2.75, 3.05) is 40.3 Å². The number of amides is 2. The largest absolute Gasteiger partial charge is 0.444 e. The van der Waals surface area contributed by atoms with Gasteiger partial charge in [-0.15, -0.1) is 24.0 Å². The number of likely N-dealkylation sites (tertiary alicyclic amines) is 1. The summed E-state index contributed by atoms with van der Waals surface area (Å²) in [5.41, 5.74) is 1.19. The molecule has 33 heavy (non-hydrogen) atoms. The van der Waals surface area contributed by atoms with Crippen LogP contribution in [0.2, 0.25) is 0 Å². The van der Waals surface area contributed by atoms with Crippen molar-refractivity contribution in [1.82, 2.24) is 20.4 Å². The number of guanidine groups is 1. The number of benzene rings is 1. The highest BCUT2D eigenvalue weighted by atomic mass is 127. The molecule has 2 amide bonds. The van der Waals surface area contributed by atoms with E-state index in [0.29, 0.717) is 24.6 Å². The Morgan fingerprint density at radius 3 is 2.45 bits per heavy atom. The number of piperidine rings is 1. The summed E-state index contributed by atoms with van der Waals surface area (Å²) in [6, 6.07) is 7.58. The van der Waals surface area contributed by atoms with Gasteiger partial charge in [-0.05, 0) is 64.2 Å². The highest BCUT2D eigenvalue weighted by molar-refractivity contribution is 14.0. The molecule has 2 rings (SSSR count). The quantitative estimate of drug-likeness (QED) is 0.308. The number of rotatable bonds is 6. The van der Waals surface area contributed by atoms with Gasteiger partial charge >= 0.3 is 6.09 Å². The van der Waals surface area contributed by atoms with Crippen molar-refractivity contribution in [2.45, 2.75) is 52.7 Å². The maximum Gasteiger partial charge on any atom is 0.410 e. The Labute approximate surface area is 215 Å². The summed E-state index contributed by atoms with van der Waals surface area (Å²) in [6.07, 6.45) is 1.75. The molecule has 0 radical (unpaired) electrons. The lowest BCUT2D eigenvalue weighted by molar-refractivity contribution is 0.0214. The second kappa shape index (κ2) is 13.6. The van der Waals surface area contributed by atoms with E-state index in [1.165, 1.54) is 0 Å². The van der Waals surface area contributed by atoms with Crippen LogP contribution in [0.3, 0.4) is 0 Å². The number of aliphatic imine (C=N–C) groups is 1. The van der Waals surface area contributed by atoms with Crippen LogP contribution < -0.4 is 10.6 Å². The zero-order valence-corrected chi connectivity index (χ0v) is 23.1. The number of ether oxygens (including phenoxy) is 1. The predicted molar refractivity (Wildman–Crippen MR) is 143 cm³/mol. The molecule has 1 aliphatic rings. The molecular weight excluding hydrogens is 533 g/mol. The standard InChI is InChI=1S/C24H39N5O3.HI/c1-7-28(23(31)32-24(2,3)4)17-18-11-13-29(14-12-18)22(26-6)27-16-19-9-8-10-20(15-19)21(30)25-5;/h8-10,15,18H,7,11-14,16-17H2,1-6H3,(H,25,30)(H,26,27);1H. The smallest absolute Gasteiger partial charge is 0.410 e. The van der Waals surface area contributed by atoms with Gasteiger partial charge in [-0.1, -0.05) is 12.1 Å². The summed E-state index contributed by atoms with van der Waals surface area (Å²) in [7, 11) is 3.42. The van der Waals surface area contributed by atoms with E-state index in [-0.39, 0.29) is 36.0 Å². The summed E-state index contributed by atoms with van der Waals surface area (Å²) >= 11 is 0. The van der Waals surface area contributed by atoms with Crippen LogP contribution in [-0.4, -0.2) is 73.6 Å². The lowest BCUT2D eigenvalue weighted by Gasteiger charge is -2.36. The van der Waals surface area contributed by atoms with Gasteiger partial charge in [0.25, 0.3) is 5.91 Å². The van der Waals surface area contributed by atoms with E-state index >= 15 is 0 Å². The molecule has 1 heterocycles. The molecule has 186 valence electrons. The molecule has 1 saturated heterocycles. The van der Waals surface area contributed by atoms with Crippen molar-refractivity contribution < 1.29 is 14.3 Å². The number of hydrogen-bond acceptors (Lipinski definition) is 4. The molecule has 0 aliphatic carbocycles. The Hall–Kier alpha value is -2.04. The van der Waals surface area contributed by atoms with Gasteiger partial charge in [-0.3, -0.25) is 9.79 Å². The van der Waals surface area contributed by atoms with Gasteiger partial charge in [0.1, 0.15) is 5.60 Å². The van der Waals surface area contributed by atoms with Gasteiger partial charge < -0.3 is 25.2 Å². The summed E-state index contributed by atoms with van der Waals surface area (Å²) in [5, 5.41) is 6.06. The number of hydrogen-bond donors (Lipinski definition) is 2. The van der Waals surface area contributed by atoms with Crippen LogP contribution >= 0.6 is 24.0 Å². The second-order valence-corrected chi connectivity index (χ2v) is 9.13. The van der Waals surface area contributed by atoms with Crippen LogP contribution in [0.1, 0.15) is 56.5 Å². The average molecular weight is 574 g/mol. The van der Waals surface area contributed by atoms with Crippen molar-refractivity contribution >= 4 is 41.9 Å². The van der Waals surface area contributed by atoms with E-state index in [4.69, 9.17) is 4.74 Å². The molecule has 0 saturated carbocycles. The Morgan fingerprint density at radius 1 is 1.24 bits per heavy atom. The zero-order valence-electron chi connectivity index (χ0n) is 20.8. The number of halogens is 1. The molecule has 1 fully saturated rings. The van der Waals surface area contributed by atoms with Crippen LogP contribution in [0.4, 0.5) is 4.79 Å². The number of nitrogens with one attached hydrogen (secondary N) is 2. The maximum absolute atomic E-state index is 12.4. The summed E-state index contributed by atoms with van der Waals surface area (Å²) < 4.78 is 5.54. The molecule has 0 unspecified atom stereocenters. The summed E-state index contributed by atoms with van der Waals surface area (Å²) in [5.74, 6) is 1.21. The molecule has 9 heteroatoms. The maximum atomic E-state index is 12.4. The van der Waals surface area contributed by atoms with Gasteiger partial charge in [0.15, 0.2) is 5.96 Å². The van der Waals surface area contributed by atoms with Crippen LogP contribution in [0, 0.1) is 5.92 Å². The average Bonchev–Trinajstić information content (AvgIpc) is 2.77. The molecule has 2 N–H and O–H groups in total. The van der Waals surface area contributed by atoms with Gasteiger partial charge in [0, 0.05) is 52.4 Å². The number of carbonyl (C=O) groups is 2. The molecular formula is C24H40IN5O3. The Balaban J connectivity index is 0.00000544. The summed E-state index contributed by atoms with van der Waals surface area (Å²) in [6.45, 7) is 11.4. The van der Waals surface area contributed by atoms with Gasteiger partial charge in [-0.2, -0.15) is 0 Å². The number of nitrogens with zero attached hydrogens (tertiary/aromatic N) is 3. The fourth-order valence-corrected chi connectivity index (χ4v) is 3.78. The monoisotopic (exact) mass is 573 g/mol.